The quantitative estimate of drug-likeness (QED) is 0.535. The molecule has 0 saturated heterocycles. The molecule has 0 amide bonds. The summed E-state index contributed by atoms with van der Waals surface area (Å²) in [7, 11) is 0. The molecule has 15 heavy (non-hydrogen) atoms. The molecule has 0 aromatic heterocycles. The minimum atomic E-state index is 0.268. The van der Waals surface area contributed by atoms with E-state index in [4.69, 9.17) is 11.5 Å². The Balaban J connectivity index is 2.69. The first-order chi connectivity index (χ1) is 7.27. The average molecular weight is 208 g/mol. The topological polar surface area (TPSA) is 84.7 Å². The summed E-state index contributed by atoms with van der Waals surface area (Å²) in [4.78, 5) is 12.1. The van der Waals surface area contributed by atoms with Crippen LogP contribution in [0.25, 0.3) is 0 Å². The van der Waals surface area contributed by atoms with Gasteiger partial charge in [0.2, 0.25) is 0 Å². The third kappa shape index (κ3) is 3.55. The molecule has 0 saturated carbocycles. The highest BCUT2D eigenvalue weighted by Gasteiger charge is 2.04. The lowest BCUT2D eigenvalue weighted by molar-refractivity contribution is 0.781. The second-order valence-electron chi connectivity index (χ2n) is 3.22. The van der Waals surface area contributed by atoms with Gasteiger partial charge in [-0.25, -0.2) is 0 Å². The summed E-state index contributed by atoms with van der Waals surface area (Å²) in [5.41, 5.74) is 12.8. The summed E-state index contributed by atoms with van der Waals surface area (Å²) in [6, 6.07) is 7.48. The minimum absolute atomic E-state index is 0.268. The molecule has 1 aromatic rings. The van der Waals surface area contributed by atoms with Crippen molar-refractivity contribution in [2.24, 2.45) is 10.9 Å². The molecule has 0 aliphatic carbocycles. The third-order valence-electron chi connectivity index (χ3n) is 2.12. The van der Waals surface area contributed by atoms with E-state index in [-0.39, 0.29) is 6.54 Å². The van der Waals surface area contributed by atoms with Crippen LogP contribution >= 0.6 is 0 Å². The number of benzene rings is 1. The van der Waals surface area contributed by atoms with Gasteiger partial charge in [-0.3, -0.25) is 0 Å². The van der Waals surface area contributed by atoms with Gasteiger partial charge in [0.05, 0.1) is 6.54 Å². The first-order valence-corrected chi connectivity index (χ1v) is 4.87. The minimum Gasteiger partial charge on any atom is -0.399 e. The molecule has 4 N–H and O–H groups in total. The fraction of sp³-hybridized carbons (Fsp3) is 0.400. The smallest absolute Gasteiger partial charge is 0.0986 e. The SMILES string of the molecule is NCCN(CCN=O)c1ccc(N)cc1. The van der Waals surface area contributed by atoms with Gasteiger partial charge in [0.25, 0.3) is 0 Å². The number of anilines is 2. The van der Waals surface area contributed by atoms with Crippen LogP contribution in [-0.4, -0.2) is 26.2 Å². The van der Waals surface area contributed by atoms with Crippen LogP contribution in [0.15, 0.2) is 29.4 Å². The van der Waals surface area contributed by atoms with Crippen molar-refractivity contribution in [3.05, 3.63) is 29.2 Å². The van der Waals surface area contributed by atoms with E-state index in [1.807, 2.05) is 29.2 Å². The fourth-order valence-electron chi connectivity index (χ4n) is 1.37. The number of nitroso groups, excluding NO2 is 1. The largest absolute Gasteiger partial charge is 0.399 e. The normalized spacial score (nSPS) is 9.93. The molecule has 0 bridgehead atoms. The van der Waals surface area contributed by atoms with Gasteiger partial charge in [-0.1, -0.05) is 5.18 Å². The Morgan fingerprint density at radius 1 is 1.20 bits per heavy atom. The van der Waals surface area contributed by atoms with Crippen LogP contribution < -0.4 is 16.4 Å². The maximum atomic E-state index is 10.1. The Bertz CT molecular complexity index is 299. The number of nitrogen functional groups attached to an aromatic ring is 1. The molecule has 0 fully saturated rings. The predicted octanol–water partition coefficient (Wildman–Crippen LogP) is 0.800. The number of nitrogens with zero attached hydrogens (tertiary/aromatic N) is 2. The van der Waals surface area contributed by atoms with Crippen LogP contribution in [0.2, 0.25) is 0 Å². The van der Waals surface area contributed by atoms with E-state index in [9.17, 15) is 4.91 Å². The van der Waals surface area contributed by atoms with Gasteiger partial charge in [0, 0.05) is 31.0 Å². The van der Waals surface area contributed by atoms with Crippen molar-refractivity contribution in [3.63, 3.8) is 0 Å². The zero-order valence-electron chi connectivity index (χ0n) is 8.60. The standard InChI is InChI=1S/C10H16N4O/c11-5-7-14(8-6-13-15)10-3-1-9(12)2-4-10/h1-4H,5-8,11-12H2. The van der Waals surface area contributed by atoms with Crippen molar-refractivity contribution in [2.45, 2.75) is 0 Å². The number of hydrogen-bond donors (Lipinski definition) is 2. The fourth-order valence-corrected chi connectivity index (χ4v) is 1.37. The summed E-state index contributed by atoms with van der Waals surface area (Å²) in [6.45, 7) is 2.11. The lowest BCUT2D eigenvalue weighted by Gasteiger charge is -2.22. The second kappa shape index (κ2) is 5.98. The first kappa shape index (κ1) is 11.5. The lowest BCUT2D eigenvalue weighted by atomic mass is 10.2. The van der Waals surface area contributed by atoms with E-state index < -0.39 is 0 Å². The molecular formula is C10H16N4O. The van der Waals surface area contributed by atoms with E-state index in [0.29, 0.717) is 19.6 Å². The molecule has 0 spiro atoms. The summed E-state index contributed by atoms with van der Waals surface area (Å²) < 4.78 is 0. The van der Waals surface area contributed by atoms with E-state index in [1.54, 1.807) is 0 Å². The predicted molar refractivity (Wildman–Crippen MR) is 62.8 cm³/mol. The zero-order valence-corrected chi connectivity index (χ0v) is 8.60. The van der Waals surface area contributed by atoms with Crippen LogP contribution in [0, 0.1) is 4.91 Å². The Morgan fingerprint density at radius 2 is 1.87 bits per heavy atom. The summed E-state index contributed by atoms with van der Waals surface area (Å²) in [5.74, 6) is 0. The first-order valence-electron chi connectivity index (χ1n) is 4.87. The van der Waals surface area contributed by atoms with Gasteiger partial charge in [-0.2, -0.15) is 4.91 Å². The molecular weight excluding hydrogens is 192 g/mol. The van der Waals surface area contributed by atoms with Crippen LogP contribution in [0.1, 0.15) is 0 Å². The molecule has 1 rings (SSSR count). The summed E-state index contributed by atoms with van der Waals surface area (Å²) in [5, 5.41) is 2.84. The number of hydrogen-bond acceptors (Lipinski definition) is 5. The van der Waals surface area contributed by atoms with E-state index in [0.717, 1.165) is 11.4 Å². The van der Waals surface area contributed by atoms with Crippen LogP contribution in [0.3, 0.4) is 0 Å². The van der Waals surface area contributed by atoms with Crippen molar-refractivity contribution in [1.29, 1.82) is 0 Å². The van der Waals surface area contributed by atoms with Crippen molar-refractivity contribution >= 4 is 11.4 Å². The molecule has 5 heteroatoms. The monoisotopic (exact) mass is 208 g/mol. The van der Waals surface area contributed by atoms with Crippen molar-refractivity contribution < 1.29 is 0 Å². The summed E-state index contributed by atoms with van der Waals surface area (Å²) in [6.07, 6.45) is 0. The van der Waals surface area contributed by atoms with Gasteiger partial charge in [0.1, 0.15) is 0 Å². The Hall–Kier alpha value is -1.62. The van der Waals surface area contributed by atoms with E-state index in [1.165, 1.54) is 0 Å². The Kier molecular flexibility index (Phi) is 4.56. The van der Waals surface area contributed by atoms with Crippen LogP contribution in [0.4, 0.5) is 11.4 Å². The molecule has 82 valence electrons. The molecule has 0 heterocycles. The maximum absolute atomic E-state index is 10.1. The molecule has 1 aromatic carbocycles. The third-order valence-corrected chi connectivity index (χ3v) is 2.12. The van der Waals surface area contributed by atoms with Crippen molar-refractivity contribution in [1.82, 2.24) is 0 Å². The molecule has 0 radical (unpaired) electrons. The Morgan fingerprint density at radius 3 is 2.40 bits per heavy atom. The average Bonchev–Trinajstić information content (AvgIpc) is 2.25. The number of rotatable bonds is 6. The highest BCUT2D eigenvalue weighted by molar-refractivity contribution is 5.53. The maximum Gasteiger partial charge on any atom is 0.0986 e. The molecule has 5 nitrogen and oxygen atoms in total. The number of nitrogens with two attached hydrogens (primary N) is 2. The van der Waals surface area contributed by atoms with E-state index >= 15 is 0 Å². The Labute approximate surface area is 89.0 Å². The van der Waals surface area contributed by atoms with Gasteiger partial charge in [-0.05, 0) is 24.3 Å². The molecule has 0 unspecified atom stereocenters. The second-order valence-corrected chi connectivity index (χ2v) is 3.22. The highest BCUT2D eigenvalue weighted by atomic mass is 16.3. The van der Waals surface area contributed by atoms with Gasteiger partial charge < -0.3 is 16.4 Å². The van der Waals surface area contributed by atoms with Gasteiger partial charge >= 0.3 is 0 Å². The lowest BCUT2D eigenvalue weighted by Crippen LogP contribution is -2.31. The van der Waals surface area contributed by atoms with Crippen molar-refractivity contribution in [2.75, 3.05) is 36.8 Å². The van der Waals surface area contributed by atoms with Gasteiger partial charge in [-0.15, -0.1) is 0 Å². The summed E-state index contributed by atoms with van der Waals surface area (Å²) >= 11 is 0. The molecule has 0 aliphatic rings. The van der Waals surface area contributed by atoms with E-state index in [2.05, 4.69) is 5.18 Å². The van der Waals surface area contributed by atoms with Crippen LogP contribution in [0.5, 0.6) is 0 Å². The highest BCUT2D eigenvalue weighted by Crippen LogP contribution is 2.15. The molecule has 0 atom stereocenters. The van der Waals surface area contributed by atoms with Crippen molar-refractivity contribution in [3.8, 4) is 0 Å². The van der Waals surface area contributed by atoms with Gasteiger partial charge in [0.15, 0.2) is 0 Å². The van der Waals surface area contributed by atoms with Crippen LogP contribution in [-0.2, 0) is 0 Å². The molecule has 0 aliphatic heterocycles. The zero-order chi connectivity index (χ0) is 11.1.